The second-order valence-electron chi connectivity index (χ2n) is 3.21. The van der Waals surface area contributed by atoms with Gasteiger partial charge in [-0.25, -0.2) is 0 Å². The average molecular weight is 279 g/mol. The Bertz CT molecular complexity index is 271. The molecule has 13 heavy (non-hydrogen) atoms. The quantitative estimate of drug-likeness (QED) is 0.832. The van der Waals surface area contributed by atoms with Gasteiger partial charge in [0.25, 0.3) is 0 Å². The number of aromatic nitrogens is 2. The first-order chi connectivity index (χ1) is 6.34. The summed E-state index contributed by atoms with van der Waals surface area (Å²) in [7, 11) is 0. The molecule has 1 aliphatic heterocycles. The molecule has 0 unspecified atom stereocenters. The van der Waals surface area contributed by atoms with E-state index in [0.717, 1.165) is 16.3 Å². The summed E-state index contributed by atoms with van der Waals surface area (Å²) in [6.07, 6.45) is 3.83. The summed E-state index contributed by atoms with van der Waals surface area (Å²) in [5.74, 6) is 3.50. The number of thioether (sulfide) groups is 1. The zero-order valence-electron chi connectivity index (χ0n) is 7.20. The van der Waals surface area contributed by atoms with Crippen LogP contribution in [0, 0.1) is 5.92 Å². The minimum Gasteiger partial charge on any atom is -0.162 e. The number of hydrogen-bond acceptors (Lipinski definition) is 4. The summed E-state index contributed by atoms with van der Waals surface area (Å²) in [6.45, 7) is 0. The van der Waals surface area contributed by atoms with Gasteiger partial charge in [0.05, 0.1) is 0 Å². The van der Waals surface area contributed by atoms with Crippen LogP contribution in [0.15, 0.2) is 3.92 Å². The van der Waals surface area contributed by atoms with Crippen LogP contribution in [0.2, 0.25) is 0 Å². The largest absolute Gasteiger partial charge is 0.183 e. The van der Waals surface area contributed by atoms with Crippen molar-refractivity contribution in [2.75, 3.05) is 11.5 Å². The lowest BCUT2D eigenvalue weighted by Gasteiger charge is -2.19. The average Bonchev–Trinajstić information content (AvgIpc) is 2.53. The minimum atomic E-state index is 0.848. The summed E-state index contributed by atoms with van der Waals surface area (Å²) in [6, 6.07) is 0. The topological polar surface area (TPSA) is 25.8 Å². The van der Waals surface area contributed by atoms with Crippen LogP contribution < -0.4 is 0 Å². The molecule has 0 N–H and O–H groups in total. The summed E-state index contributed by atoms with van der Waals surface area (Å²) in [5, 5.41) is 9.27. The van der Waals surface area contributed by atoms with E-state index in [1.165, 1.54) is 29.4 Å². The fraction of sp³-hybridized carbons (Fsp3) is 0.750. The molecule has 0 amide bonds. The maximum atomic E-state index is 4.12. The van der Waals surface area contributed by atoms with Gasteiger partial charge in [0.1, 0.15) is 5.01 Å². The van der Waals surface area contributed by atoms with E-state index < -0.39 is 0 Å². The van der Waals surface area contributed by atoms with Crippen molar-refractivity contribution in [1.82, 2.24) is 10.2 Å². The Morgan fingerprint density at radius 1 is 1.31 bits per heavy atom. The van der Waals surface area contributed by atoms with Crippen molar-refractivity contribution in [2.45, 2.75) is 19.3 Å². The Labute approximate surface area is 94.7 Å². The Kier molecular flexibility index (Phi) is 3.63. The molecule has 0 spiro atoms. The molecule has 0 aliphatic carbocycles. The Balaban J connectivity index is 1.89. The SMILES string of the molecule is Brc1nnc(CC2CCSCC2)s1. The van der Waals surface area contributed by atoms with Crippen molar-refractivity contribution >= 4 is 39.0 Å². The molecular formula is C8H11BrN2S2. The molecule has 2 nitrogen and oxygen atoms in total. The highest BCUT2D eigenvalue weighted by molar-refractivity contribution is 9.11. The standard InChI is InChI=1S/C8H11BrN2S2/c9-8-11-10-7(13-8)5-6-1-3-12-4-2-6/h6H,1-5H2. The van der Waals surface area contributed by atoms with E-state index >= 15 is 0 Å². The summed E-state index contributed by atoms with van der Waals surface area (Å²) < 4.78 is 0.910. The molecule has 1 fully saturated rings. The number of hydrogen-bond donors (Lipinski definition) is 0. The zero-order valence-corrected chi connectivity index (χ0v) is 10.4. The van der Waals surface area contributed by atoms with Crippen molar-refractivity contribution in [2.24, 2.45) is 5.92 Å². The Morgan fingerprint density at radius 3 is 2.69 bits per heavy atom. The van der Waals surface area contributed by atoms with Gasteiger partial charge in [-0.2, -0.15) is 11.8 Å². The molecule has 0 bridgehead atoms. The lowest BCUT2D eigenvalue weighted by molar-refractivity contribution is 0.485. The maximum Gasteiger partial charge on any atom is 0.183 e. The van der Waals surface area contributed by atoms with Crippen LogP contribution in [-0.4, -0.2) is 21.7 Å². The lowest BCUT2D eigenvalue weighted by atomic mass is 9.99. The molecule has 1 aromatic rings. The molecule has 1 saturated heterocycles. The van der Waals surface area contributed by atoms with E-state index in [2.05, 4.69) is 37.9 Å². The summed E-state index contributed by atoms with van der Waals surface area (Å²) in [5.41, 5.74) is 0. The first kappa shape index (κ1) is 9.93. The third-order valence-corrected chi connectivity index (χ3v) is 4.67. The second-order valence-corrected chi connectivity index (χ2v) is 6.77. The minimum absolute atomic E-state index is 0.848. The van der Waals surface area contributed by atoms with E-state index in [4.69, 9.17) is 0 Å². The van der Waals surface area contributed by atoms with Gasteiger partial charge >= 0.3 is 0 Å². The van der Waals surface area contributed by atoms with Gasteiger partial charge in [-0.15, -0.1) is 10.2 Å². The van der Waals surface area contributed by atoms with Gasteiger partial charge in [-0.05, 0) is 46.2 Å². The molecule has 0 aromatic carbocycles. The molecule has 0 saturated carbocycles. The van der Waals surface area contributed by atoms with Gasteiger partial charge in [-0.1, -0.05) is 11.3 Å². The first-order valence-electron chi connectivity index (χ1n) is 4.40. The first-order valence-corrected chi connectivity index (χ1v) is 7.16. The van der Waals surface area contributed by atoms with Crippen LogP contribution >= 0.6 is 39.0 Å². The van der Waals surface area contributed by atoms with E-state index in [-0.39, 0.29) is 0 Å². The van der Waals surface area contributed by atoms with Crippen LogP contribution in [-0.2, 0) is 6.42 Å². The van der Waals surface area contributed by atoms with Crippen molar-refractivity contribution in [3.8, 4) is 0 Å². The van der Waals surface area contributed by atoms with Gasteiger partial charge in [0, 0.05) is 6.42 Å². The molecule has 1 aromatic heterocycles. The van der Waals surface area contributed by atoms with Crippen LogP contribution in [0.4, 0.5) is 0 Å². The smallest absolute Gasteiger partial charge is 0.162 e. The van der Waals surface area contributed by atoms with E-state index in [9.17, 15) is 0 Å². The zero-order chi connectivity index (χ0) is 9.10. The molecule has 2 rings (SSSR count). The van der Waals surface area contributed by atoms with Crippen LogP contribution in [0.1, 0.15) is 17.8 Å². The molecule has 2 heterocycles. The molecule has 0 atom stereocenters. The second kappa shape index (κ2) is 4.75. The number of halogens is 1. The third-order valence-electron chi connectivity index (χ3n) is 2.25. The fourth-order valence-corrected chi connectivity index (χ4v) is 4.03. The van der Waals surface area contributed by atoms with Crippen LogP contribution in [0.5, 0.6) is 0 Å². The predicted molar refractivity (Wildman–Crippen MR) is 61.4 cm³/mol. The van der Waals surface area contributed by atoms with Gasteiger partial charge in [-0.3, -0.25) is 0 Å². The van der Waals surface area contributed by atoms with Crippen molar-refractivity contribution in [3.05, 3.63) is 8.92 Å². The number of nitrogens with zero attached hydrogens (tertiary/aromatic N) is 2. The van der Waals surface area contributed by atoms with Crippen molar-refractivity contribution in [1.29, 1.82) is 0 Å². The molecule has 5 heteroatoms. The number of rotatable bonds is 2. The Hall–Kier alpha value is 0.390. The van der Waals surface area contributed by atoms with Gasteiger partial charge in [0.2, 0.25) is 0 Å². The molecule has 1 aliphatic rings. The fourth-order valence-electron chi connectivity index (χ4n) is 1.51. The molecule has 0 radical (unpaired) electrons. The normalized spacial score (nSPS) is 19.2. The summed E-state index contributed by atoms with van der Waals surface area (Å²) in [4.78, 5) is 0. The van der Waals surface area contributed by atoms with E-state index in [0.29, 0.717) is 0 Å². The van der Waals surface area contributed by atoms with Crippen LogP contribution in [0.25, 0.3) is 0 Å². The lowest BCUT2D eigenvalue weighted by Crippen LogP contribution is -2.11. The van der Waals surface area contributed by atoms with Crippen LogP contribution in [0.3, 0.4) is 0 Å². The maximum absolute atomic E-state index is 4.12. The highest BCUT2D eigenvalue weighted by atomic mass is 79.9. The molecular weight excluding hydrogens is 268 g/mol. The predicted octanol–water partition coefficient (Wildman–Crippen LogP) is 2.99. The van der Waals surface area contributed by atoms with Gasteiger partial charge in [0.15, 0.2) is 3.92 Å². The highest BCUT2D eigenvalue weighted by Gasteiger charge is 2.16. The summed E-state index contributed by atoms with van der Waals surface area (Å²) >= 11 is 7.08. The van der Waals surface area contributed by atoms with Gasteiger partial charge < -0.3 is 0 Å². The van der Waals surface area contributed by atoms with E-state index in [1.807, 2.05) is 0 Å². The third kappa shape index (κ3) is 2.92. The Morgan fingerprint density at radius 2 is 2.08 bits per heavy atom. The van der Waals surface area contributed by atoms with E-state index in [1.54, 1.807) is 11.3 Å². The van der Waals surface area contributed by atoms with Crippen molar-refractivity contribution in [3.63, 3.8) is 0 Å². The molecule has 72 valence electrons. The monoisotopic (exact) mass is 278 g/mol. The highest BCUT2D eigenvalue weighted by Crippen LogP contribution is 2.27. The van der Waals surface area contributed by atoms with Crippen molar-refractivity contribution < 1.29 is 0 Å².